The topological polar surface area (TPSA) is 100 Å². The number of methoxy groups -OCH3 is 1. The quantitative estimate of drug-likeness (QED) is 0.857. The lowest BCUT2D eigenvalue weighted by Crippen LogP contribution is -2.09. The lowest BCUT2D eigenvalue weighted by atomic mass is 10.2. The van der Waals surface area contributed by atoms with Crippen molar-refractivity contribution in [3.8, 4) is 11.8 Å². The zero-order valence-corrected chi connectivity index (χ0v) is 9.54. The maximum atomic E-state index is 10.7. The monoisotopic (exact) mass is 246 g/mol. The van der Waals surface area contributed by atoms with Gasteiger partial charge in [-0.1, -0.05) is 0 Å². The van der Waals surface area contributed by atoms with Gasteiger partial charge in [-0.3, -0.25) is 5.32 Å². The fourth-order valence-corrected chi connectivity index (χ4v) is 1.75. The van der Waals surface area contributed by atoms with Crippen molar-refractivity contribution < 1.29 is 14.6 Å². The van der Waals surface area contributed by atoms with Crippen molar-refractivity contribution in [2.75, 3.05) is 12.4 Å². The van der Waals surface area contributed by atoms with Gasteiger partial charge in [0.05, 0.1) is 25.1 Å². The average Bonchev–Trinajstić information content (AvgIpc) is 2.72. The van der Waals surface area contributed by atoms with Crippen LogP contribution in [0.15, 0.2) is 18.3 Å². The van der Waals surface area contributed by atoms with E-state index in [2.05, 4.69) is 10.4 Å². The average molecular weight is 246 g/mol. The van der Waals surface area contributed by atoms with Crippen LogP contribution in [0.1, 0.15) is 0 Å². The number of hydrogen-bond donors (Lipinski definition) is 2. The van der Waals surface area contributed by atoms with E-state index in [9.17, 15) is 4.79 Å². The van der Waals surface area contributed by atoms with Gasteiger partial charge >= 0.3 is 6.09 Å². The summed E-state index contributed by atoms with van der Waals surface area (Å²) in [6.45, 7) is 0.0659. The molecule has 0 radical (unpaired) electrons. The summed E-state index contributed by atoms with van der Waals surface area (Å²) in [7, 11) is 1.44. The zero-order valence-electron chi connectivity index (χ0n) is 9.54. The van der Waals surface area contributed by atoms with Gasteiger partial charge < -0.3 is 9.84 Å². The number of carboxylic acid groups (broad SMARTS) is 1. The first-order chi connectivity index (χ1) is 8.67. The molecule has 0 spiro atoms. The number of ether oxygens (including phenoxy) is 1. The fraction of sp³-hybridized carbons (Fsp3) is 0.182. The van der Waals surface area contributed by atoms with Crippen molar-refractivity contribution in [2.45, 2.75) is 6.54 Å². The van der Waals surface area contributed by atoms with Gasteiger partial charge in [0.2, 0.25) is 0 Å². The van der Waals surface area contributed by atoms with Crippen molar-refractivity contribution >= 4 is 22.7 Å². The number of anilines is 1. The van der Waals surface area contributed by atoms with Crippen LogP contribution in [-0.4, -0.2) is 28.1 Å². The minimum Gasteiger partial charge on any atom is -0.492 e. The van der Waals surface area contributed by atoms with E-state index in [1.54, 1.807) is 18.3 Å². The molecule has 92 valence electrons. The van der Waals surface area contributed by atoms with Gasteiger partial charge in [0.15, 0.2) is 5.75 Å². The summed E-state index contributed by atoms with van der Waals surface area (Å²) in [6.07, 6.45) is 0.415. The second kappa shape index (κ2) is 4.63. The Morgan fingerprint density at radius 1 is 1.67 bits per heavy atom. The SMILES string of the molecule is COc1c(NC(=O)O)ccc2cnn(CC#N)c12. The van der Waals surface area contributed by atoms with Gasteiger partial charge in [-0.05, 0) is 12.1 Å². The molecule has 1 amide bonds. The maximum absolute atomic E-state index is 10.7. The summed E-state index contributed by atoms with van der Waals surface area (Å²) in [5.74, 6) is 0.350. The highest BCUT2D eigenvalue weighted by Gasteiger charge is 2.14. The van der Waals surface area contributed by atoms with Crippen LogP contribution >= 0.6 is 0 Å². The molecule has 2 N–H and O–H groups in total. The molecule has 1 heterocycles. The minimum absolute atomic E-state index is 0.0659. The molecule has 0 saturated carbocycles. The molecule has 0 aliphatic rings. The molecular weight excluding hydrogens is 236 g/mol. The third-order valence-electron chi connectivity index (χ3n) is 2.42. The Bertz CT molecular complexity index is 642. The highest BCUT2D eigenvalue weighted by Crippen LogP contribution is 2.33. The summed E-state index contributed by atoms with van der Waals surface area (Å²) < 4.78 is 6.67. The van der Waals surface area contributed by atoms with E-state index in [1.807, 2.05) is 6.07 Å². The lowest BCUT2D eigenvalue weighted by Gasteiger charge is -2.10. The Hall–Kier alpha value is -2.75. The number of nitriles is 1. The predicted octanol–water partition coefficient (Wildman–Crippen LogP) is 1.66. The molecule has 0 fully saturated rings. The normalized spacial score (nSPS) is 10.0. The van der Waals surface area contributed by atoms with Crippen molar-refractivity contribution in [1.82, 2.24) is 9.78 Å². The number of amides is 1. The molecule has 7 heteroatoms. The van der Waals surface area contributed by atoms with E-state index in [0.29, 0.717) is 17.0 Å². The molecule has 0 saturated heterocycles. The minimum atomic E-state index is -1.18. The number of hydrogen-bond acceptors (Lipinski definition) is 4. The summed E-state index contributed by atoms with van der Waals surface area (Å²) >= 11 is 0. The standard InChI is InChI=1S/C11H10N4O3/c1-18-10-8(14-11(16)17)3-2-7-6-13-15(5-4-12)9(7)10/h2-3,6,14H,5H2,1H3,(H,16,17). The number of fused-ring (bicyclic) bond motifs is 1. The van der Waals surface area contributed by atoms with Gasteiger partial charge in [0.25, 0.3) is 0 Å². The van der Waals surface area contributed by atoms with E-state index < -0.39 is 6.09 Å². The van der Waals surface area contributed by atoms with Crippen molar-refractivity contribution in [1.29, 1.82) is 5.26 Å². The maximum Gasteiger partial charge on any atom is 0.409 e. The second-order valence-corrected chi connectivity index (χ2v) is 3.47. The van der Waals surface area contributed by atoms with Gasteiger partial charge in [0, 0.05) is 5.39 Å². The van der Waals surface area contributed by atoms with Crippen LogP contribution in [0.5, 0.6) is 5.75 Å². The van der Waals surface area contributed by atoms with Crippen LogP contribution in [0.25, 0.3) is 10.9 Å². The van der Waals surface area contributed by atoms with Crippen LogP contribution < -0.4 is 10.1 Å². The fourth-order valence-electron chi connectivity index (χ4n) is 1.75. The number of carbonyl (C=O) groups is 1. The Kier molecular flexibility index (Phi) is 3.02. The van der Waals surface area contributed by atoms with Crippen LogP contribution in [0.2, 0.25) is 0 Å². The summed E-state index contributed by atoms with van der Waals surface area (Å²) in [5.41, 5.74) is 0.905. The Labute approximate surface area is 102 Å². The molecule has 1 aromatic carbocycles. The van der Waals surface area contributed by atoms with Crippen LogP contribution in [0.3, 0.4) is 0 Å². The number of nitrogens with one attached hydrogen (secondary N) is 1. The molecule has 7 nitrogen and oxygen atoms in total. The predicted molar refractivity (Wildman–Crippen MR) is 63.5 cm³/mol. The molecule has 0 atom stereocenters. The zero-order chi connectivity index (χ0) is 13.1. The molecule has 0 aliphatic carbocycles. The summed E-state index contributed by atoms with van der Waals surface area (Å²) in [5, 5.41) is 24.5. The molecule has 0 bridgehead atoms. The van der Waals surface area contributed by atoms with Crippen molar-refractivity contribution in [3.05, 3.63) is 18.3 Å². The van der Waals surface area contributed by atoms with E-state index in [1.165, 1.54) is 11.8 Å². The largest absolute Gasteiger partial charge is 0.492 e. The molecule has 2 rings (SSSR count). The second-order valence-electron chi connectivity index (χ2n) is 3.47. The van der Waals surface area contributed by atoms with Crippen LogP contribution in [0.4, 0.5) is 10.5 Å². The van der Waals surface area contributed by atoms with E-state index in [4.69, 9.17) is 15.1 Å². The third kappa shape index (κ3) is 1.91. The first-order valence-electron chi connectivity index (χ1n) is 5.06. The van der Waals surface area contributed by atoms with Gasteiger partial charge in [0.1, 0.15) is 12.1 Å². The van der Waals surface area contributed by atoms with Gasteiger partial charge in [-0.15, -0.1) is 0 Å². The Morgan fingerprint density at radius 3 is 3.06 bits per heavy atom. The Morgan fingerprint density at radius 2 is 2.44 bits per heavy atom. The molecule has 0 unspecified atom stereocenters. The van der Waals surface area contributed by atoms with Crippen molar-refractivity contribution in [3.63, 3.8) is 0 Å². The van der Waals surface area contributed by atoms with Crippen LogP contribution in [0, 0.1) is 11.3 Å². The molecule has 18 heavy (non-hydrogen) atoms. The lowest BCUT2D eigenvalue weighted by molar-refractivity contribution is 0.209. The van der Waals surface area contributed by atoms with Crippen LogP contribution in [-0.2, 0) is 6.54 Å². The number of benzene rings is 1. The third-order valence-corrected chi connectivity index (χ3v) is 2.42. The first-order valence-corrected chi connectivity index (χ1v) is 5.06. The Balaban J connectivity index is 2.65. The highest BCUT2D eigenvalue weighted by molar-refractivity contribution is 5.95. The van der Waals surface area contributed by atoms with Gasteiger partial charge in [-0.25, -0.2) is 9.48 Å². The smallest absolute Gasteiger partial charge is 0.409 e. The summed E-state index contributed by atoms with van der Waals surface area (Å²) in [6, 6.07) is 5.29. The van der Waals surface area contributed by atoms with E-state index in [0.717, 1.165) is 5.39 Å². The first kappa shape index (κ1) is 11.7. The highest BCUT2D eigenvalue weighted by atomic mass is 16.5. The number of aromatic nitrogens is 2. The molecule has 1 aromatic heterocycles. The van der Waals surface area contributed by atoms with E-state index >= 15 is 0 Å². The van der Waals surface area contributed by atoms with Gasteiger partial charge in [-0.2, -0.15) is 10.4 Å². The van der Waals surface area contributed by atoms with E-state index in [-0.39, 0.29) is 6.54 Å². The number of nitrogens with zero attached hydrogens (tertiary/aromatic N) is 3. The number of rotatable bonds is 3. The van der Waals surface area contributed by atoms with Crippen molar-refractivity contribution in [2.24, 2.45) is 0 Å². The molecule has 0 aliphatic heterocycles. The summed E-state index contributed by atoms with van der Waals surface area (Å²) in [4.78, 5) is 10.7. The molecule has 2 aromatic rings. The molecular formula is C11H10N4O3.